The van der Waals surface area contributed by atoms with Crippen molar-refractivity contribution >= 4 is 0 Å². The molecule has 2 bridgehead atoms. The Kier molecular flexibility index (Phi) is 4.26. The molecule has 3 fully saturated rings. The molecule has 2 saturated heterocycles. The summed E-state index contributed by atoms with van der Waals surface area (Å²) < 4.78 is 5.44. The van der Waals surface area contributed by atoms with Crippen LogP contribution in [-0.4, -0.2) is 49.4 Å². The summed E-state index contributed by atoms with van der Waals surface area (Å²) in [5.41, 5.74) is 5.11. The van der Waals surface area contributed by atoms with E-state index in [2.05, 4.69) is 39.4 Å². The van der Waals surface area contributed by atoms with Gasteiger partial charge in [-0.05, 0) is 64.6 Å². The molecule has 2 unspecified atom stereocenters. The average Bonchev–Trinajstić information content (AvgIpc) is 3.28. The highest BCUT2D eigenvalue weighted by Crippen LogP contribution is 2.43. The SMILES string of the molecule is Cc1cc(Cc2nc(-c3cc(C4CC4)[nH]n3)cc(C3CC4CCC(C3)N4C)n2)on1. The average molecular weight is 405 g/mol. The summed E-state index contributed by atoms with van der Waals surface area (Å²) in [4.78, 5) is 12.5. The van der Waals surface area contributed by atoms with E-state index in [9.17, 15) is 0 Å². The molecule has 1 aliphatic carbocycles. The molecule has 2 atom stereocenters. The molecule has 156 valence electrons. The smallest absolute Gasteiger partial charge is 0.144 e. The summed E-state index contributed by atoms with van der Waals surface area (Å²) in [5, 5.41) is 11.8. The van der Waals surface area contributed by atoms with Crippen molar-refractivity contribution in [2.24, 2.45) is 0 Å². The lowest BCUT2D eigenvalue weighted by molar-refractivity contribution is 0.160. The number of nitrogens with zero attached hydrogens (tertiary/aromatic N) is 5. The Labute approximate surface area is 176 Å². The first kappa shape index (κ1) is 18.2. The summed E-state index contributed by atoms with van der Waals surface area (Å²) in [6, 6.07) is 7.67. The minimum atomic E-state index is 0.484. The van der Waals surface area contributed by atoms with Crippen LogP contribution in [0.3, 0.4) is 0 Å². The van der Waals surface area contributed by atoms with Crippen LogP contribution < -0.4 is 0 Å². The fourth-order valence-electron chi connectivity index (χ4n) is 5.32. The molecule has 0 aromatic carbocycles. The molecule has 3 aliphatic rings. The second-order valence-corrected chi connectivity index (χ2v) is 9.41. The van der Waals surface area contributed by atoms with E-state index in [1.165, 1.54) is 44.2 Å². The van der Waals surface area contributed by atoms with Crippen LogP contribution >= 0.6 is 0 Å². The van der Waals surface area contributed by atoms with Gasteiger partial charge in [-0.2, -0.15) is 5.10 Å². The molecular formula is C23H28N6O. The second kappa shape index (κ2) is 7.01. The number of aryl methyl sites for hydroxylation is 1. The Morgan fingerprint density at radius 3 is 2.50 bits per heavy atom. The summed E-state index contributed by atoms with van der Waals surface area (Å²) in [7, 11) is 2.28. The minimum Gasteiger partial charge on any atom is -0.361 e. The summed E-state index contributed by atoms with van der Waals surface area (Å²) in [6.07, 6.45) is 8.04. The first-order chi connectivity index (χ1) is 14.6. The van der Waals surface area contributed by atoms with E-state index in [4.69, 9.17) is 14.5 Å². The largest absolute Gasteiger partial charge is 0.361 e. The van der Waals surface area contributed by atoms with Gasteiger partial charge in [0, 0.05) is 41.4 Å². The number of aromatic nitrogens is 5. The van der Waals surface area contributed by atoms with Gasteiger partial charge in [-0.1, -0.05) is 5.16 Å². The highest BCUT2D eigenvalue weighted by Gasteiger charge is 2.39. The number of aromatic amines is 1. The molecule has 30 heavy (non-hydrogen) atoms. The third-order valence-electron chi connectivity index (χ3n) is 7.20. The van der Waals surface area contributed by atoms with Crippen LogP contribution in [0, 0.1) is 6.92 Å². The molecule has 3 aromatic rings. The highest BCUT2D eigenvalue weighted by atomic mass is 16.5. The van der Waals surface area contributed by atoms with E-state index in [1.807, 2.05) is 13.0 Å². The van der Waals surface area contributed by atoms with Gasteiger partial charge >= 0.3 is 0 Å². The Bertz CT molecular complexity index is 1050. The topological polar surface area (TPSA) is 83.7 Å². The predicted molar refractivity (Wildman–Crippen MR) is 112 cm³/mol. The number of fused-ring (bicyclic) bond motifs is 2. The third-order valence-corrected chi connectivity index (χ3v) is 7.20. The molecule has 0 spiro atoms. The van der Waals surface area contributed by atoms with Crippen molar-refractivity contribution in [3.8, 4) is 11.4 Å². The van der Waals surface area contributed by atoms with Crippen molar-refractivity contribution in [2.75, 3.05) is 7.05 Å². The molecule has 1 saturated carbocycles. The van der Waals surface area contributed by atoms with E-state index in [1.54, 1.807) is 0 Å². The van der Waals surface area contributed by atoms with Crippen LogP contribution in [0.25, 0.3) is 11.4 Å². The second-order valence-electron chi connectivity index (χ2n) is 9.41. The molecule has 0 amide bonds. The van der Waals surface area contributed by atoms with Crippen molar-refractivity contribution in [2.45, 2.75) is 75.8 Å². The summed E-state index contributed by atoms with van der Waals surface area (Å²) in [6.45, 7) is 1.94. The van der Waals surface area contributed by atoms with Gasteiger partial charge in [-0.3, -0.25) is 5.10 Å². The van der Waals surface area contributed by atoms with E-state index >= 15 is 0 Å². The maximum atomic E-state index is 5.44. The molecule has 6 rings (SSSR count). The lowest BCUT2D eigenvalue weighted by atomic mass is 9.88. The zero-order chi connectivity index (χ0) is 20.2. The van der Waals surface area contributed by atoms with Gasteiger partial charge in [-0.15, -0.1) is 0 Å². The highest BCUT2D eigenvalue weighted by molar-refractivity contribution is 5.55. The Hall–Kier alpha value is -2.54. The number of hydrogen-bond acceptors (Lipinski definition) is 6. The van der Waals surface area contributed by atoms with Crippen molar-refractivity contribution in [3.63, 3.8) is 0 Å². The molecule has 7 nitrogen and oxygen atoms in total. The first-order valence-corrected chi connectivity index (χ1v) is 11.2. The number of H-pyrrole nitrogens is 1. The number of piperidine rings is 1. The predicted octanol–water partition coefficient (Wildman–Crippen LogP) is 3.97. The van der Waals surface area contributed by atoms with E-state index in [0.29, 0.717) is 30.3 Å². The maximum Gasteiger partial charge on any atom is 0.144 e. The van der Waals surface area contributed by atoms with Crippen molar-refractivity contribution in [1.29, 1.82) is 0 Å². The fraction of sp³-hybridized carbons (Fsp3) is 0.565. The van der Waals surface area contributed by atoms with E-state index < -0.39 is 0 Å². The Balaban J connectivity index is 1.36. The number of rotatable bonds is 5. The Morgan fingerprint density at radius 2 is 1.80 bits per heavy atom. The Morgan fingerprint density at radius 1 is 1.00 bits per heavy atom. The van der Waals surface area contributed by atoms with Crippen LogP contribution in [0.2, 0.25) is 0 Å². The third kappa shape index (κ3) is 3.35. The van der Waals surface area contributed by atoms with Gasteiger partial charge in [0.25, 0.3) is 0 Å². The van der Waals surface area contributed by atoms with Crippen LogP contribution in [0.4, 0.5) is 0 Å². The maximum absolute atomic E-state index is 5.44. The summed E-state index contributed by atoms with van der Waals surface area (Å²) in [5.74, 6) is 2.73. The minimum absolute atomic E-state index is 0.484. The van der Waals surface area contributed by atoms with Crippen molar-refractivity contribution < 1.29 is 4.52 Å². The van der Waals surface area contributed by atoms with E-state index in [-0.39, 0.29) is 0 Å². The quantitative estimate of drug-likeness (QED) is 0.693. The molecule has 2 aliphatic heterocycles. The van der Waals surface area contributed by atoms with E-state index in [0.717, 1.165) is 34.4 Å². The number of nitrogens with one attached hydrogen (secondary N) is 1. The lowest BCUT2D eigenvalue weighted by Crippen LogP contribution is -2.39. The van der Waals surface area contributed by atoms with Gasteiger partial charge in [-0.25, -0.2) is 9.97 Å². The first-order valence-electron chi connectivity index (χ1n) is 11.2. The lowest BCUT2D eigenvalue weighted by Gasteiger charge is -2.36. The zero-order valence-corrected chi connectivity index (χ0v) is 17.6. The number of hydrogen-bond donors (Lipinski definition) is 1. The van der Waals surface area contributed by atoms with Crippen LogP contribution in [0.1, 0.15) is 79.0 Å². The van der Waals surface area contributed by atoms with Gasteiger partial charge < -0.3 is 9.42 Å². The van der Waals surface area contributed by atoms with Gasteiger partial charge in [0.2, 0.25) is 0 Å². The van der Waals surface area contributed by atoms with Crippen molar-refractivity contribution in [3.05, 3.63) is 46.9 Å². The van der Waals surface area contributed by atoms with Crippen molar-refractivity contribution in [1.82, 2.24) is 30.2 Å². The van der Waals surface area contributed by atoms with Crippen LogP contribution in [0.5, 0.6) is 0 Å². The monoisotopic (exact) mass is 404 g/mol. The fourth-order valence-corrected chi connectivity index (χ4v) is 5.32. The van der Waals surface area contributed by atoms with Crippen LogP contribution in [-0.2, 0) is 6.42 Å². The van der Waals surface area contributed by atoms with Crippen LogP contribution in [0.15, 0.2) is 22.7 Å². The molecular weight excluding hydrogens is 376 g/mol. The standard InChI is InChI=1S/C23H28N6O/c1-13-7-18(30-28-13)10-23-24-19(15-8-16-5-6-17(9-15)29(16)2)11-21(25-23)22-12-20(26-27-22)14-3-4-14/h7,11-12,14-17H,3-6,8-10H2,1-2H3,(H,26,27). The normalized spacial score (nSPS) is 26.4. The molecule has 3 aromatic heterocycles. The molecule has 1 N–H and O–H groups in total. The molecule has 5 heterocycles. The van der Waals surface area contributed by atoms with Gasteiger partial charge in [0.05, 0.1) is 17.8 Å². The molecule has 0 radical (unpaired) electrons. The summed E-state index contributed by atoms with van der Waals surface area (Å²) >= 11 is 0. The molecule has 7 heteroatoms. The van der Waals surface area contributed by atoms with Gasteiger partial charge in [0.1, 0.15) is 17.3 Å². The van der Waals surface area contributed by atoms with Gasteiger partial charge in [0.15, 0.2) is 0 Å². The zero-order valence-electron chi connectivity index (χ0n) is 17.6.